The summed E-state index contributed by atoms with van der Waals surface area (Å²) in [5.74, 6) is 0.942. The quantitative estimate of drug-likeness (QED) is 0.651. The first-order valence-corrected chi connectivity index (χ1v) is 7.97. The number of carbonyl (C=O) groups is 1. The molecule has 24 heavy (non-hydrogen) atoms. The van der Waals surface area contributed by atoms with Crippen LogP contribution in [-0.2, 0) is 11.3 Å². The highest BCUT2D eigenvalue weighted by atomic mass is 35.5. The van der Waals surface area contributed by atoms with Gasteiger partial charge in [0.15, 0.2) is 5.75 Å². The van der Waals surface area contributed by atoms with Crippen molar-refractivity contribution in [3.63, 3.8) is 0 Å². The van der Waals surface area contributed by atoms with Crippen LogP contribution in [0.25, 0.3) is 10.9 Å². The molecule has 0 saturated heterocycles. The van der Waals surface area contributed by atoms with Crippen molar-refractivity contribution in [3.8, 4) is 11.5 Å². The Morgan fingerprint density at radius 2 is 2.00 bits per heavy atom. The van der Waals surface area contributed by atoms with Gasteiger partial charge >= 0.3 is 5.97 Å². The number of halogens is 1. The van der Waals surface area contributed by atoms with E-state index in [2.05, 4.69) is 4.57 Å². The summed E-state index contributed by atoms with van der Waals surface area (Å²) < 4.78 is 12.9. The highest BCUT2D eigenvalue weighted by Crippen LogP contribution is 2.36. The molecule has 0 aliphatic heterocycles. The van der Waals surface area contributed by atoms with Gasteiger partial charge < -0.3 is 14.0 Å². The summed E-state index contributed by atoms with van der Waals surface area (Å²) in [7, 11) is 1.61. The number of methoxy groups -OCH3 is 1. The summed E-state index contributed by atoms with van der Waals surface area (Å²) in [6.45, 7) is 3.98. The molecular weight excluding hydrogens is 326 g/mol. The fraction of sp³-hybridized carbons (Fsp3) is 0.211. The minimum absolute atomic E-state index is 0.345. The summed E-state index contributed by atoms with van der Waals surface area (Å²) in [5.41, 5.74) is 2.94. The van der Waals surface area contributed by atoms with Crippen molar-refractivity contribution in [2.24, 2.45) is 0 Å². The van der Waals surface area contributed by atoms with Crippen molar-refractivity contribution in [3.05, 3.63) is 58.7 Å². The topological polar surface area (TPSA) is 40.5 Å². The Morgan fingerprint density at radius 1 is 1.21 bits per heavy atom. The number of nitrogens with zero attached hydrogens (tertiary/aromatic N) is 1. The molecule has 0 atom stereocenters. The van der Waals surface area contributed by atoms with Crippen LogP contribution in [0, 0.1) is 6.92 Å². The van der Waals surface area contributed by atoms with Crippen molar-refractivity contribution in [2.45, 2.75) is 20.4 Å². The predicted molar refractivity (Wildman–Crippen MR) is 95.1 cm³/mol. The zero-order valence-corrected chi connectivity index (χ0v) is 14.6. The van der Waals surface area contributed by atoms with Gasteiger partial charge in [0.1, 0.15) is 5.75 Å². The van der Waals surface area contributed by atoms with Gasteiger partial charge in [0.25, 0.3) is 0 Å². The van der Waals surface area contributed by atoms with Gasteiger partial charge in [-0.3, -0.25) is 4.79 Å². The number of rotatable bonds is 4. The Morgan fingerprint density at radius 3 is 2.67 bits per heavy atom. The summed E-state index contributed by atoms with van der Waals surface area (Å²) in [6, 6.07) is 13.5. The zero-order valence-electron chi connectivity index (χ0n) is 13.8. The third kappa shape index (κ3) is 3.10. The summed E-state index contributed by atoms with van der Waals surface area (Å²) in [6.07, 6.45) is 0. The van der Waals surface area contributed by atoms with Gasteiger partial charge in [0, 0.05) is 23.9 Å². The smallest absolute Gasteiger partial charge is 0.308 e. The molecule has 0 spiro atoms. The van der Waals surface area contributed by atoms with Crippen molar-refractivity contribution in [1.29, 1.82) is 0 Å². The first kappa shape index (κ1) is 16.4. The fourth-order valence-corrected chi connectivity index (χ4v) is 3.06. The summed E-state index contributed by atoms with van der Waals surface area (Å²) in [4.78, 5) is 11.5. The Hall–Kier alpha value is -2.46. The Labute approximate surface area is 145 Å². The molecule has 0 aliphatic rings. The molecule has 0 fully saturated rings. The molecule has 2 aromatic carbocycles. The second kappa shape index (κ2) is 6.57. The Bertz CT molecular complexity index is 914. The number of carbonyl (C=O) groups excluding carboxylic acids is 1. The second-order valence-electron chi connectivity index (χ2n) is 5.61. The third-order valence-electron chi connectivity index (χ3n) is 3.95. The number of benzene rings is 2. The average molecular weight is 344 g/mol. The van der Waals surface area contributed by atoms with Crippen LogP contribution in [0.4, 0.5) is 0 Å². The third-order valence-corrected chi connectivity index (χ3v) is 4.18. The highest BCUT2D eigenvalue weighted by Gasteiger charge is 2.18. The molecule has 3 rings (SSSR count). The lowest BCUT2D eigenvalue weighted by Crippen LogP contribution is -2.05. The van der Waals surface area contributed by atoms with Crippen molar-refractivity contribution in [2.75, 3.05) is 7.11 Å². The second-order valence-corrected chi connectivity index (χ2v) is 6.04. The molecule has 0 bridgehead atoms. The molecule has 0 N–H and O–H groups in total. The highest BCUT2D eigenvalue weighted by molar-refractivity contribution is 6.30. The van der Waals surface area contributed by atoms with E-state index in [1.54, 1.807) is 7.11 Å². The van der Waals surface area contributed by atoms with Gasteiger partial charge in [0.2, 0.25) is 0 Å². The summed E-state index contributed by atoms with van der Waals surface area (Å²) >= 11 is 6.09. The molecule has 0 saturated carbocycles. The van der Waals surface area contributed by atoms with E-state index in [-0.39, 0.29) is 5.97 Å². The maximum absolute atomic E-state index is 11.5. The molecule has 3 aromatic rings. The molecule has 1 heterocycles. The normalized spacial score (nSPS) is 10.8. The molecule has 0 radical (unpaired) electrons. The van der Waals surface area contributed by atoms with E-state index >= 15 is 0 Å². The lowest BCUT2D eigenvalue weighted by molar-refractivity contribution is -0.131. The average Bonchev–Trinajstić information content (AvgIpc) is 2.79. The van der Waals surface area contributed by atoms with Crippen LogP contribution in [0.5, 0.6) is 11.5 Å². The first-order chi connectivity index (χ1) is 11.5. The zero-order chi connectivity index (χ0) is 17.3. The van der Waals surface area contributed by atoms with E-state index in [0.717, 1.165) is 27.9 Å². The van der Waals surface area contributed by atoms with Crippen molar-refractivity contribution in [1.82, 2.24) is 4.57 Å². The van der Waals surface area contributed by atoms with Crippen LogP contribution < -0.4 is 9.47 Å². The van der Waals surface area contributed by atoms with Gasteiger partial charge in [-0.25, -0.2) is 0 Å². The maximum Gasteiger partial charge on any atom is 0.308 e. The SMILES string of the molecule is COc1ccc2c(c1)c(OC(C)=O)c(C)n2Cc1cccc(Cl)c1. The molecule has 4 nitrogen and oxygen atoms in total. The minimum Gasteiger partial charge on any atom is -0.497 e. The van der Waals surface area contributed by atoms with Crippen LogP contribution in [0.1, 0.15) is 18.2 Å². The number of esters is 1. The number of hydrogen-bond donors (Lipinski definition) is 0. The molecule has 0 amide bonds. The standard InChI is InChI=1S/C19H18ClNO3/c1-12-19(24-13(2)22)17-10-16(23-3)7-8-18(17)21(12)11-14-5-4-6-15(20)9-14/h4-10H,11H2,1-3H3. The van der Waals surface area contributed by atoms with E-state index in [4.69, 9.17) is 21.1 Å². The number of aromatic nitrogens is 1. The van der Waals surface area contributed by atoms with E-state index in [1.165, 1.54) is 6.92 Å². The van der Waals surface area contributed by atoms with Gasteiger partial charge in [-0.1, -0.05) is 23.7 Å². The monoisotopic (exact) mass is 343 g/mol. The predicted octanol–water partition coefficient (Wildman–Crippen LogP) is 4.59. The number of fused-ring (bicyclic) bond motifs is 1. The molecule has 124 valence electrons. The van der Waals surface area contributed by atoms with Gasteiger partial charge in [-0.15, -0.1) is 0 Å². The van der Waals surface area contributed by atoms with Gasteiger partial charge in [0.05, 0.1) is 18.3 Å². The Kier molecular flexibility index (Phi) is 4.49. The first-order valence-electron chi connectivity index (χ1n) is 7.59. The number of hydrogen-bond acceptors (Lipinski definition) is 3. The number of ether oxygens (including phenoxy) is 2. The van der Waals surface area contributed by atoms with Crippen LogP contribution in [0.15, 0.2) is 42.5 Å². The van der Waals surface area contributed by atoms with Crippen LogP contribution >= 0.6 is 11.6 Å². The largest absolute Gasteiger partial charge is 0.497 e. The molecule has 5 heteroatoms. The maximum atomic E-state index is 11.5. The molecular formula is C19H18ClNO3. The van der Waals surface area contributed by atoms with E-state index in [1.807, 2.05) is 49.4 Å². The Balaban J connectivity index is 2.16. The summed E-state index contributed by atoms with van der Waals surface area (Å²) in [5, 5.41) is 1.55. The minimum atomic E-state index is -0.345. The van der Waals surface area contributed by atoms with Gasteiger partial charge in [-0.2, -0.15) is 0 Å². The lowest BCUT2D eigenvalue weighted by Gasteiger charge is -2.09. The fourth-order valence-electron chi connectivity index (χ4n) is 2.85. The van der Waals surface area contributed by atoms with Crippen LogP contribution in [-0.4, -0.2) is 17.6 Å². The van der Waals surface area contributed by atoms with E-state index in [9.17, 15) is 4.79 Å². The van der Waals surface area contributed by atoms with Crippen LogP contribution in [0.3, 0.4) is 0 Å². The van der Waals surface area contributed by atoms with E-state index < -0.39 is 0 Å². The van der Waals surface area contributed by atoms with Crippen molar-refractivity contribution < 1.29 is 14.3 Å². The molecule has 0 aliphatic carbocycles. The van der Waals surface area contributed by atoms with Crippen LogP contribution in [0.2, 0.25) is 5.02 Å². The van der Waals surface area contributed by atoms with Crippen molar-refractivity contribution >= 4 is 28.5 Å². The lowest BCUT2D eigenvalue weighted by atomic mass is 10.2. The molecule has 0 unspecified atom stereocenters. The molecule has 1 aromatic heterocycles. The van der Waals surface area contributed by atoms with E-state index in [0.29, 0.717) is 17.3 Å². The van der Waals surface area contributed by atoms with Gasteiger partial charge in [-0.05, 0) is 42.8 Å².